The van der Waals surface area contributed by atoms with Crippen LogP contribution in [0.5, 0.6) is 0 Å². The highest BCUT2D eigenvalue weighted by Gasteiger charge is 2.33. The van der Waals surface area contributed by atoms with Crippen molar-refractivity contribution in [2.45, 2.75) is 26.3 Å². The first-order valence-electron chi connectivity index (χ1n) is 6.79. The topological polar surface area (TPSA) is 64.0 Å². The number of hydrogen-bond acceptors (Lipinski definition) is 4. The molecule has 21 heavy (non-hydrogen) atoms. The van der Waals surface area contributed by atoms with Crippen LogP contribution in [0.25, 0.3) is 0 Å². The zero-order valence-corrected chi connectivity index (χ0v) is 12.2. The van der Waals surface area contributed by atoms with E-state index in [2.05, 4.69) is 15.3 Å². The maximum absolute atomic E-state index is 12.2. The number of azo groups is 1. The molecule has 1 aromatic heterocycles. The number of rotatable bonds is 2. The van der Waals surface area contributed by atoms with E-state index in [0.29, 0.717) is 5.56 Å². The van der Waals surface area contributed by atoms with E-state index in [1.165, 1.54) is 0 Å². The fraction of sp³-hybridized carbons (Fsp3) is 0.250. The van der Waals surface area contributed by atoms with Gasteiger partial charge in [-0.2, -0.15) is 5.11 Å². The smallest absolute Gasteiger partial charge is 0.239 e. The normalized spacial score (nSPS) is 16.0. The van der Waals surface area contributed by atoms with Crippen LogP contribution in [-0.2, 0) is 5.54 Å². The Morgan fingerprint density at radius 3 is 2.62 bits per heavy atom. The zero-order chi connectivity index (χ0) is 15.0. The molecule has 1 aliphatic rings. The van der Waals surface area contributed by atoms with Crippen LogP contribution in [0.15, 0.2) is 57.9 Å². The first-order valence-corrected chi connectivity index (χ1v) is 6.79. The van der Waals surface area contributed by atoms with Crippen LogP contribution in [0.2, 0.25) is 0 Å². The summed E-state index contributed by atoms with van der Waals surface area (Å²) in [5.41, 5.74) is 2.91. The van der Waals surface area contributed by atoms with Gasteiger partial charge in [-0.1, -0.05) is 35.0 Å². The molecule has 0 fully saturated rings. The van der Waals surface area contributed by atoms with Crippen LogP contribution in [0.4, 0.5) is 5.69 Å². The minimum atomic E-state index is -0.317. The van der Waals surface area contributed by atoms with Gasteiger partial charge in [-0.25, -0.2) is 0 Å². The predicted molar refractivity (Wildman–Crippen MR) is 77.3 cm³/mol. The van der Waals surface area contributed by atoms with Gasteiger partial charge in [-0.15, -0.1) is 5.11 Å². The van der Waals surface area contributed by atoms with Crippen molar-refractivity contribution >= 4 is 11.6 Å². The quantitative estimate of drug-likeness (QED) is 0.472. The summed E-state index contributed by atoms with van der Waals surface area (Å²) in [6.07, 6.45) is 1.78. The third kappa shape index (κ3) is 2.31. The Bertz CT molecular complexity index is 748. The molecule has 0 saturated heterocycles. The van der Waals surface area contributed by atoms with Gasteiger partial charge in [-0.3, -0.25) is 0 Å². The molecule has 5 nitrogen and oxygen atoms in total. The van der Waals surface area contributed by atoms with Crippen molar-refractivity contribution in [2.24, 2.45) is 15.3 Å². The average molecular weight is 280 g/mol. The minimum absolute atomic E-state index is 0.280. The second-order valence-corrected chi connectivity index (χ2v) is 5.54. The van der Waals surface area contributed by atoms with E-state index >= 15 is 0 Å². The van der Waals surface area contributed by atoms with Crippen molar-refractivity contribution in [1.29, 1.82) is 0 Å². The number of fused-ring (bicyclic) bond motifs is 1. The molecule has 106 valence electrons. The highest BCUT2D eigenvalue weighted by atomic mass is 16.3. The largest absolute Gasteiger partial charge is 0.854 e. The van der Waals surface area contributed by atoms with Crippen LogP contribution < -0.4 is 9.78 Å². The lowest BCUT2D eigenvalue weighted by Gasteiger charge is -2.13. The van der Waals surface area contributed by atoms with Crippen LogP contribution >= 0.6 is 0 Å². The Labute approximate surface area is 123 Å². The van der Waals surface area contributed by atoms with E-state index in [4.69, 9.17) is 0 Å². The molecule has 0 bridgehead atoms. The standard InChI is InChI=1S/C16H16N4O/c1-11-14-13(16(2,3)19-17-14)9-10-20(11)18-15(21)12-7-5-4-6-8-12/h4-10H,1-3H3. The van der Waals surface area contributed by atoms with Crippen molar-refractivity contribution in [1.82, 2.24) is 0 Å². The van der Waals surface area contributed by atoms with Gasteiger partial charge >= 0.3 is 0 Å². The Kier molecular flexibility index (Phi) is 3.05. The molecule has 0 amide bonds. The van der Waals surface area contributed by atoms with Gasteiger partial charge in [0, 0.05) is 18.6 Å². The highest BCUT2D eigenvalue weighted by molar-refractivity contribution is 5.89. The second-order valence-electron chi connectivity index (χ2n) is 5.54. The molecular weight excluding hydrogens is 264 g/mol. The van der Waals surface area contributed by atoms with E-state index in [0.717, 1.165) is 16.9 Å². The molecule has 0 aliphatic carbocycles. The zero-order valence-electron chi connectivity index (χ0n) is 12.2. The van der Waals surface area contributed by atoms with E-state index in [-0.39, 0.29) is 11.4 Å². The van der Waals surface area contributed by atoms with Crippen molar-refractivity contribution < 1.29 is 9.78 Å². The Hall–Kier alpha value is -2.56. The number of aromatic nitrogens is 1. The van der Waals surface area contributed by atoms with E-state index < -0.39 is 0 Å². The Balaban J connectivity index is 2.04. The molecule has 1 aliphatic heterocycles. The molecule has 0 unspecified atom stereocenters. The maximum atomic E-state index is 12.2. The van der Waals surface area contributed by atoms with Gasteiger partial charge in [0.25, 0.3) is 0 Å². The summed E-state index contributed by atoms with van der Waals surface area (Å²) < 4.78 is 1.56. The lowest BCUT2D eigenvalue weighted by molar-refractivity contribution is -0.686. The van der Waals surface area contributed by atoms with Crippen molar-refractivity contribution in [2.75, 3.05) is 0 Å². The summed E-state index contributed by atoms with van der Waals surface area (Å²) >= 11 is 0. The molecule has 3 rings (SSSR count). The summed E-state index contributed by atoms with van der Waals surface area (Å²) in [7, 11) is 0. The monoisotopic (exact) mass is 280 g/mol. The van der Waals surface area contributed by atoms with E-state index in [1.807, 2.05) is 45.0 Å². The number of benzene rings is 1. The summed E-state index contributed by atoms with van der Waals surface area (Å²) in [4.78, 5) is 0. The summed E-state index contributed by atoms with van der Waals surface area (Å²) in [6.45, 7) is 5.91. The minimum Gasteiger partial charge on any atom is -0.854 e. The first-order chi connectivity index (χ1) is 9.99. The summed E-state index contributed by atoms with van der Waals surface area (Å²) in [5.74, 6) is -0.280. The van der Waals surface area contributed by atoms with Crippen molar-refractivity contribution in [3.8, 4) is 0 Å². The maximum Gasteiger partial charge on any atom is 0.239 e. The van der Waals surface area contributed by atoms with Crippen LogP contribution in [0.1, 0.15) is 30.7 Å². The van der Waals surface area contributed by atoms with Gasteiger partial charge in [0.05, 0.1) is 5.90 Å². The summed E-state index contributed by atoms with van der Waals surface area (Å²) in [5, 5.41) is 24.8. The van der Waals surface area contributed by atoms with Gasteiger partial charge in [0.2, 0.25) is 11.9 Å². The van der Waals surface area contributed by atoms with Crippen LogP contribution in [-0.4, -0.2) is 5.90 Å². The lowest BCUT2D eigenvalue weighted by atomic mass is 9.95. The second kappa shape index (κ2) is 4.77. The molecule has 1 aromatic carbocycles. The van der Waals surface area contributed by atoms with Gasteiger partial charge in [-0.05, 0) is 24.5 Å². The first kappa shape index (κ1) is 13.4. The molecule has 0 atom stereocenters. The SMILES string of the molecule is Cc1c2c(cc[n+]1/N=C(\[O-])c1ccccc1)C(C)(C)N=N2. The van der Waals surface area contributed by atoms with Crippen molar-refractivity contribution in [3.63, 3.8) is 0 Å². The predicted octanol–water partition coefficient (Wildman–Crippen LogP) is 2.19. The van der Waals surface area contributed by atoms with Gasteiger partial charge in [0.1, 0.15) is 5.54 Å². The van der Waals surface area contributed by atoms with Crippen LogP contribution in [0, 0.1) is 6.92 Å². The molecule has 2 heterocycles. The third-order valence-corrected chi connectivity index (χ3v) is 3.60. The van der Waals surface area contributed by atoms with Crippen molar-refractivity contribution in [3.05, 3.63) is 59.4 Å². The van der Waals surface area contributed by atoms with E-state index in [1.54, 1.807) is 23.0 Å². The number of hydrogen-bond donors (Lipinski definition) is 0. The van der Waals surface area contributed by atoms with E-state index in [9.17, 15) is 5.11 Å². The molecule has 0 saturated carbocycles. The molecule has 0 radical (unpaired) electrons. The number of nitrogens with zero attached hydrogens (tertiary/aromatic N) is 4. The highest BCUT2D eigenvalue weighted by Crippen LogP contribution is 2.40. The Morgan fingerprint density at radius 1 is 1.19 bits per heavy atom. The third-order valence-electron chi connectivity index (χ3n) is 3.60. The Morgan fingerprint density at radius 2 is 1.90 bits per heavy atom. The average Bonchev–Trinajstić information content (AvgIpc) is 2.79. The molecular formula is C16H16N4O. The fourth-order valence-electron chi connectivity index (χ4n) is 2.33. The molecule has 2 aromatic rings. The van der Waals surface area contributed by atoms with Gasteiger partial charge in [0.15, 0.2) is 5.69 Å². The van der Waals surface area contributed by atoms with Gasteiger partial charge < -0.3 is 5.11 Å². The number of pyridine rings is 1. The summed E-state index contributed by atoms with van der Waals surface area (Å²) in [6, 6.07) is 10.9. The molecule has 0 N–H and O–H groups in total. The lowest BCUT2D eigenvalue weighted by Crippen LogP contribution is -2.36. The fourth-order valence-corrected chi connectivity index (χ4v) is 2.33. The molecule has 0 spiro atoms. The molecule has 5 heteroatoms. The van der Waals surface area contributed by atoms with Crippen LogP contribution in [0.3, 0.4) is 0 Å².